The molecule has 0 aliphatic heterocycles. The van der Waals surface area contributed by atoms with Crippen LogP contribution >= 0.6 is 11.6 Å². The summed E-state index contributed by atoms with van der Waals surface area (Å²) in [6.07, 6.45) is 0. The van der Waals surface area contributed by atoms with Crippen molar-refractivity contribution in [3.05, 3.63) is 29.0 Å². The van der Waals surface area contributed by atoms with Crippen molar-refractivity contribution in [2.75, 3.05) is 32.1 Å². The molecule has 0 atom stereocenters. The number of hydrogen-bond donors (Lipinski definition) is 2. The molecule has 110 valence electrons. The Morgan fingerprint density at radius 1 is 1.50 bits per heavy atom. The quantitative estimate of drug-likeness (QED) is 0.843. The van der Waals surface area contributed by atoms with Crippen molar-refractivity contribution in [1.29, 1.82) is 0 Å². The van der Waals surface area contributed by atoms with Gasteiger partial charge < -0.3 is 20.1 Å². The highest BCUT2D eigenvalue weighted by Crippen LogP contribution is 2.19. The van der Waals surface area contributed by atoms with E-state index in [1.54, 1.807) is 0 Å². The molecule has 0 bridgehead atoms. The highest BCUT2D eigenvalue weighted by molar-refractivity contribution is 6.31. The number of nitrogens with one attached hydrogen (secondary N) is 1. The second-order valence-electron chi connectivity index (χ2n) is 3.87. The molecule has 0 unspecified atom stereocenters. The maximum absolute atomic E-state index is 13.0. The lowest BCUT2D eigenvalue weighted by Gasteiger charge is -2.20. The topological polar surface area (TPSA) is 78.9 Å². The first-order valence-electron chi connectivity index (χ1n) is 5.65. The molecule has 0 aliphatic carbocycles. The third-order valence-corrected chi connectivity index (χ3v) is 2.64. The van der Waals surface area contributed by atoms with Gasteiger partial charge in [0.25, 0.3) is 0 Å². The number of nitrogens with zero attached hydrogens (tertiary/aromatic N) is 1. The molecule has 0 aliphatic rings. The fraction of sp³-hybridized carbons (Fsp3) is 0.333. The molecule has 20 heavy (non-hydrogen) atoms. The second-order valence-corrected chi connectivity index (χ2v) is 4.27. The number of methoxy groups -OCH3 is 1. The second kappa shape index (κ2) is 7.66. The van der Waals surface area contributed by atoms with E-state index in [0.717, 1.165) is 11.0 Å². The van der Waals surface area contributed by atoms with Gasteiger partial charge in [0.15, 0.2) is 0 Å². The molecule has 0 saturated carbocycles. The van der Waals surface area contributed by atoms with Gasteiger partial charge in [0.05, 0.1) is 11.6 Å². The Hall–Kier alpha value is -1.86. The molecule has 1 aromatic carbocycles. The molecule has 0 spiro atoms. The van der Waals surface area contributed by atoms with Gasteiger partial charge in [-0.2, -0.15) is 0 Å². The highest BCUT2D eigenvalue weighted by atomic mass is 35.5. The average Bonchev–Trinajstić information content (AvgIpc) is 2.38. The molecule has 2 amide bonds. The van der Waals surface area contributed by atoms with Gasteiger partial charge in [-0.15, -0.1) is 0 Å². The summed E-state index contributed by atoms with van der Waals surface area (Å²) in [6, 6.07) is 3.04. The fourth-order valence-electron chi connectivity index (χ4n) is 1.39. The van der Waals surface area contributed by atoms with Crippen LogP contribution in [0.1, 0.15) is 0 Å². The van der Waals surface area contributed by atoms with Crippen LogP contribution < -0.4 is 5.32 Å². The van der Waals surface area contributed by atoms with E-state index in [1.807, 2.05) is 0 Å². The Morgan fingerprint density at radius 3 is 2.75 bits per heavy atom. The molecule has 6 nitrogen and oxygen atoms in total. The predicted octanol–water partition coefficient (Wildman–Crippen LogP) is 2.04. The number of carbonyl (C=O) groups is 2. The van der Waals surface area contributed by atoms with Crippen LogP contribution in [-0.2, 0) is 9.53 Å². The van der Waals surface area contributed by atoms with Crippen molar-refractivity contribution < 1.29 is 23.8 Å². The summed E-state index contributed by atoms with van der Waals surface area (Å²) in [7, 11) is 1.44. The molecule has 8 heteroatoms. The van der Waals surface area contributed by atoms with Gasteiger partial charge >= 0.3 is 12.0 Å². The zero-order chi connectivity index (χ0) is 15.1. The molecule has 1 aromatic rings. The summed E-state index contributed by atoms with van der Waals surface area (Å²) >= 11 is 5.59. The normalized spacial score (nSPS) is 10.2. The Balaban J connectivity index is 2.73. The molecular weight excluding hydrogens is 291 g/mol. The zero-order valence-corrected chi connectivity index (χ0v) is 11.5. The lowest BCUT2D eigenvalue weighted by molar-refractivity contribution is -0.137. The van der Waals surface area contributed by atoms with Crippen LogP contribution in [0, 0.1) is 5.82 Å². The molecule has 0 aromatic heterocycles. The van der Waals surface area contributed by atoms with E-state index in [-0.39, 0.29) is 23.9 Å². The van der Waals surface area contributed by atoms with Crippen molar-refractivity contribution in [3.63, 3.8) is 0 Å². The third-order valence-electron chi connectivity index (χ3n) is 2.35. The number of anilines is 1. The number of amides is 2. The van der Waals surface area contributed by atoms with Gasteiger partial charge in [-0.3, -0.25) is 4.79 Å². The first-order valence-corrected chi connectivity index (χ1v) is 6.03. The van der Waals surface area contributed by atoms with Gasteiger partial charge in [0.1, 0.15) is 12.4 Å². The highest BCUT2D eigenvalue weighted by Gasteiger charge is 2.16. The maximum atomic E-state index is 13.0. The Morgan fingerprint density at radius 2 is 2.20 bits per heavy atom. The zero-order valence-electron chi connectivity index (χ0n) is 10.7. The Kier molecular flexibility index (Phi) is 6.20. The predicted molar refractivity (Wildman–Crippen MR) is 71.5 cm³/mol. The molecular formula is C12H14ClFN2O4. The monoisotopic (exact) mass is 304 g/mol. The van der Waals surface area contributed by atoms with Gasteiger partial charge in [-0.1, -0.05) is 11.6 Å². The maximum Gasteiger partial charge on any atom is 0.323 e. The van der Waals surface area contributed by atoms with Crippen LogP contribution in [0.3, 0.4) is 0 Å². The van der Waals surface area contributed by atoms with Crippen LogP contribution in [0.25, 0.3) is 0 Å². The number of rotatable bonds is 6. The number of benzene rings is 1. The first kappa shape index (κ1) is 16.2. The minimum absolute atomic E-state index is 0.115. The lowest BCUT2D eigenvalue weighted by Crippen LogP contribution is -2.40. The number of urea groups is 1. The van der Waals surface area contributed by atoms with E-state index in [1.165, 1.54) is 19.2 Å². The average molecular weight is 305 g/mol. The fourth-order valence-corrected chi connectivity index (χ4v) is 1.57. The smallest absolute Gasteiger partial charge is 0.323 e. The van der Waals surface area contributed by atoms with Gasteiger partial charge in [0, 0.05) is 19.3 Å². The van der Waals surface area contributed by atoms with Gasteiger partial charge in [0.2, 0.25) is 0 Å². The minimum atomic E-state index is -1.15. The SMILES string of the molecule is COCCN(CC(=O)O)C(=O)Nc1ccc(F)c(Cl)c1. The van der Waals surface area contributed by atoms with Gasteiger partial charge in [-0.05, 0) is 18.2 Å². The number of carbonyl (C=O) groups excluding carboxylic acids is 1. The number of hydrogen-bond acceptors (Lipinski definition) is 3. The Labute approximate surface area is 120 Å². The summed E-state index contributed by atoms with van der Waals surface area (Å²) < 4.78 is 17.8. The molecule has 0 radical (unpaired) electrons. The van der Waals surface area contributed by atoms with Crippen LogP contribution in [-0.4, -0.2) is 48.8 Å². The van der Waals surface area contributed by atoms with Gasteiger partial charge in [-0.25, -0.2) is 9.18 Å². The van der Waals surface area contributed by atoms with Crippen molar-refractivity contribution in [2.24, 2.45) is 0 Å². The van der Waals surface area contributed by atoms with Crippen molar-refractivity contribution >= 4 is 29.3 Å². The largest absolute Gasteiger partial charge is 0.480 e. The van der Waals surface area contributed by atoms with Crippen molar-refractivity contribution in [3.8, 4) is 0 Å². The number of aliphatic carboxylic acids is 1. The van der Waals surface area contributed by atoms with E-state index in [9.17, 15) is 14.0 Å². The van der Waals surface area contributed by atoms with Crippen LogP contribution in [0.5, 0.6) is 0 Å². The van der Waals surface area contributed by atoms with E-state index in [2.05, 4.69) is 5.32 Å². The molecule has 1 rings (SSSR count). The third kappa shape index (κ3) is 5.02. The Bertz CT molecular complexity index is 498. The van der Waals surface area contributed by atoms with E-state index < -0.39 is 24.4 Å². The first-order chi connectivity index (χ1) is 9.43. The summed E-state index contributed by atoms with van der Waals surface area (Å²) in [4.78, 5) is 23.7. The summed E-state index contributed by atoms with van der Waals surface area (Å²) in [6.45, 7) is -0.154. The summed E-state index contributed by atoms with van der Waals surface area (Å²) in [5, 5.41) is 11.1. The minimum Gasteiger partial charge on any atom is -0.480 e. The molecule has 0 fully saturated rings. The van der Waals surface area contributed by atoms with E-state index >= 15 is 0 Å². The summed E-state index contributed by atoms with van der Waals surface area (Å²) in [5.41, 5.74) is 0.272. The number of ether oxygens (including phenoxy) is 1. The van der Waals surface area contributed by atoms with E-state index in [4.69, 9.17) is 21.4 Å². The number of carboxylic acids is 1. The van der Waals surface area contributed by atoms with Crippen LogP contribution in [0.4, 0.5) is 14.9 Å². The number of carboxylic acid groups (broad SMARTS) is 1. The molecule has 2 N–H and O–H groups in total. The van der Waals surface area contributed by atoms with Crippen LogP contribution in [0.15, 0.2) is 18.2 Å². The molecule has 0 saturated heterocycles. The molecule has 0 heterocycles. The lowest BCUT2D eigenvalue weighted by atomic mass is 10.3. The summed E-state index contributed by atoms with van der Waals surface area (Å²) in [5.74, 6) is -1.75. The van der Waals surface area contributed by atoms with Crippen molar-refractivity contribution in [2.45, 2.75) is 0 Å². The standard InChI is InChI=1S/C12H14ClFN2O4/c1-20-5-4-16(7-11(17)18)12(19)15-8-2-3-10(14)9(13)6-8/h2-3,6H,4-5,7H2,1H3,(H,15,19)(H,17,18). The number of halogens is 2. The van der Waals surface area contributed by atoms with Crippen molar-refractivity contribution in [1.82, 2.24) is 4.90 Å². The van der Waals surface area contributed by atoms with Crippen LogP contribution in [0.2, 0.25) is 5.02 Å². The van der Waals surface area contributed by atoms with E-state index in [0.29, 0.717) is 0 Å².